The minimum atomic E-state index is 0.0655. The Labute approximate surface area is 133 Å². The van der Waals surface area contributed by atoms with Gasteiger partial charge in [0.1, 0.15) is 5.75 Å². The number of nitrogens with zero attached hydrogens (tertiary/aromatic N) is 1. The smallest absolute Gasteiger partial charge is 0.226 e. The summed E-state index contributed by atoms with van der Waals surface area (Å²) in [5.41, 5.74) is 1.28. The highest BCUT2D eigenvalue weighted by Gasteiger charge is 2.26. The molecule has 0 radical (unpaired) electrons. The highest BCUT2D eigenvalue weighted by atomic mass is 16.5. The van der Waals surface area contributed by atoms with Gasteiger partial charge in [-0.1, -0.05) is 25.1 Å². The number of carbonyl (C=O) groups excluding carboxylic acids is 1. The van der Waals surface area contributed by atoms with Crippen molar-refractivity contribution in [1.82, 2.24) is 10.2 Å². The summed E-state index contributed by atoms with van der Waals surface area (Å²) in [6.45, 7) is 4.51. The van der Waals surface area contributed by atoms with E-state index in [1.807, 2.05) is 31.0 Å². The van der Waals surface area contributed by atoms with Gasteiger partial charge in [-0.3, -0.25) is 4.79 Å². The summed E-state index contributed by atoms with van der Waals surface area (Å²) < 4.78 is 5.43. The second kappa shape index (κ2) is 8.18. The van der Waals surface area contributed by atoms with Crippen LogP contribution in [0.15, 0.2) is 24.3 Å². The Morgan fingerprint density at radius 1 is 1.36 bits per heavy atom. The molecule has 1 saturated heterocycles. The number of benzene rings is 1. The second-order valence-electron chi connectivity index (χ2n) is 6.24. The van der Waals surface area contributed by atoms with Crippen LogP contribution in [0.1, 0.15) is 25.3 Å². The second-order valence-corrected chi connectivity index (χ2v) is 6.24. The number of rotatable bonds is 6. The van der Waals surface area contributed by atoms with Gasteiger partial charge in [-0.25, -0.2) is 0 Å². The molecule has 22 heavy (non-hydrogen) atoms. The van der Waals surface area contributed by atoms with Gasteiger partial charge >= 0.3 is 0 Å². The van der Waals surface area contributed by atoms with Gasteiger partial charge in [-0.15, -0.1) is 0 Å². The SMILES string of the molecule is CNCC(C)C(=O)N1CCC(Cc2ccccc2OC)CC1. The molecule has 0 aromatic heterocycles. The van der Waals surface area contributed by atoms with Crippen LogP contribution in [0.4, 0.5) is 0 Å². The average Bonchev–Trinajstić information content (AvgIpc) is 2.55. The number of amides is 1. The maximum absolute atomic E-state index is 12.3. The van der Waals surface area contributed by atoms with Crippen LogP contribution in [0.5, 0.6) is 5.75 Å². The number of nitrogens with one attached hydrogen (secondary N) is 1. The first-order valence-corrected chi connectivity index (χ1v) is 8.21. The average molecular weight is 304 g/mol. The van der Waals surface area contributed by atoms with E-state index < -0.39 is 0 Å². The molecule has 1 atom stereocenters. The van der Waals surface area contributed by atoms with Crippen LogP contribution in [0, 0.1) is 11.8 Å². The molecule has 1 N–H and O–H groups in total. The number of methoxy groups -OCH3 is 1. The van der Waals surface area contributed by atoms with E-state index in [1.165, 1.54) is 5.56 Å². The zero-order valence-corrected chi connectivity index (χ0v) is 14.0. The molecule has 1 aromatic carbocycles. The van der Waals surface area contributed by atoms with E-state index >= 15 is 0 Å². The number of hydrogen-bond acceptors (Lipinski definition) is 3. The van der Waals surface area contributed by atoms with Crippen molar-refractivity contribution < 1.29 is 9.53 Å². The minimum absolute atomic E-state index is 0.0655. The topological polar surface area (TPSA) is 41.6 Å². The molecule has 1 fully saturated rings. The molecule has 0 saturated carbocycles. The summed E-state index contributed by atoms with van der Waals surface area (Å²) in [6, 6.07) is 8.24. The summed E-state index contributed by atoms with van der Waals surface area (Å²) >= 11 is 0. The van der Waals surface area contributed by atoms with E-state index in [2.05, 4.69) is 17.4 Å². The van der Waals surface area contributed by atoms with Gasteiger partial charge < -0.3 is 15.0 Å². The third kappa shape index (κ3) is 4.23. The Morgan fingerprint density at radius 3 is 2.68 bits per heavy atom. The van der Waals surface area contributed by atoms with Crippen LogP contribution >= 0.6 is 0 Å². The number of para-hydroxylation sites is 1. The first-order chi connectivity index (χ1) is 10.7. The molecule has 4 heteroatoms. The third-order valence-electron chi connectivity index (χ3n) is 4.56. The normalized spacial score (nSPS) is 17.3. The van der Waals surface area contributed by atoms with Gasteiger partial charge in [-0.2, -0.15) is 0 Å². The van der Waals surface area contributed by atoms with Crippen molar-refractivity contribution in [1.29, 1.82) is 0 Å². The lowest BCUT2D eigenvalue weighted by Crippen LogP contribution is -2.43. The van der Waals surface area contributed by atoms with Crippen molar-refractivity contribution in [2.75, 3.05) is 33.8 Å². The van der Waals surface area contributed by atoms with Crippen molar-refractivity contribution in [3.05, 3.63) is 29.8 Å². The highest BCUT2D eigenvalue weighted by Crippen LogP contribution is 2.27. The van der Waals surface area contributed by atoms with Crippen molar-refractivity contribution in [3.63, 3.8) is 0 Å². The fraction of sp³-hybridized carbons (Fsp3) is 0.611. The van der Waals surface area contributed by atoms with Crippen LogP contribution in [-0.2, 0) is 11.2 Å². The summed E-state index contributed by atoms with van der Waals surface area (Å²) in [5.74, 6) is 1.96. The van der Waals surface area contributed by atoms with Crippen LogP contribution < -0.4 is 10.1 Å². The van der Waals surface area contributed by atoms with Gasteiger partial charge in [0.15, 0.2) is 0 Å². The summed E-state index contributed by atoms with van der Waals surface area (Å²) in [7, 11) is 3.62. The molecule has 122 valence electrons. The fourth-order valence-corrected chi connectivity index (χ4v) is 3.25. The molecule has 2 rings (SSSR count). The third-order valence-corrected chi connectivity index (χ3v) is 4.56. The van der Waals surface area contributed by atoms with E-state index in [0.717, 1.165) is 44.6 Å². The highest BCUT2D eigenvalue weighted by molar-refractivity contribution is 5.78. The number of ether oxygens (including phenoxy) is 1. The lowest BCUT2D eigenvalue weighted by atomic mass is 9.89. The Morgan fingerprint density at radius 2 is 2.05 bits per heavy atom. The summed E-state index contributed by atoms with van der Waals surface area (Å²) in [5, 5.41) is 3.08. The van der Waals surface area contributed by atoms with Crippen molar-refractivity contribution in [2.45, 2.75) is 26.2 Å². The van der Waals surface area contributed by atoms with Crippen LogP contribution in [-0.4, -0.2) is 44.6 Å². The largest absolute Gasteiger partial charge is 0.496 e. The predicted octanol–water partition coefficient (Wildman–Crippen LogP) is 2.33. The Kier molecular flexibility index (Phi) is 6.25. The number of likely N-dealkylation sites (tertiary alicyclic amines) is 1. The van der Waals surface area contributed by atoms with Crippen LogP contribution in [0.2, 0.25) is 0 Å². The van der Waals surface area contributed by atoms with E-state index in [9.17, 15) is 4.79 Å². The number of piperidine rings is 1. The summed E-state index contributed by atoms with van der Waals surface area (Å²) in [4.78, 5) is 14.3. The van der Waals surface area contributed by atoms with Gasteiger partial charge in [0.05, 0.1) is 7.11 Å². The van der Waals surface area contributed by atoms with Crippen molar-refractivity contribution in [3.8, 4) is 5.75 Å². The molecule has 1 unspecified atom stereocenters. The van der Waals surface area contributed by atoms with E-state index in [4.69, 9.17) is 4.74 Å². The molecule has 4 nitrogen and oxygen atoms in total. The lowest BCUT2D eigenvalue weighted by Gasteiger charge is -2.33. The minimum Gasteiger partial charge on any atom is -0.496 e. The van der Waals surface area contributed by atoms with Gasteiger partial charge in [0.2, 0.25) is 5.91 Å². The Balaban J connectivity index is 1.86. The van der Waals surface area contributed by atoms with Crippen molar-refractivity contribution in [2.24, 2.45) is 11.8 Å². The molecular weight excluding hydrogens is 276 g/mol. The Bertz CT molecular complexity index is 482. The van der Waals surface area contributed by atoms with Gasteiger partial charge in [-0.05, 0) is 43.9 Å². The van der Waals surface area contributed by atoms with E-state index in [-0.39, 0.29) is 11.8 Å². The molecule has 1 aliphatic rings. The molecule has 1 aromatic rings. The maximum Gasteiger partial charge on any atom is 0.226 e. The first kappa shape index (κ1) is 16.8. The number of hydrogen-bond donors (Lipinski definition) is 1. The summed E-state index contributed by atoms with van der Waals surface area (Å²) in [6.07, 6.45) is 3.20. The standard InChI is InChI=1S/C18H28N2O2/c1-14(13-19-2)18(21)20-10-8-15(9-11-20)12-16-6-4-5-7-17(16)22-3/h4-7,14-15,19H,8-13H2,1-3H3. The van der Waals surface area contributed by atoms with Crippen LogP contribution in [0.25, 0.3) is 0 Å². The maximum atomic E-state index is 12.3. The number of carbonyl (C=O) groups is 1. The molecule has 0 aliphatic carbocycles. The molecule has 1 aliphatic heterocycles. The quantitative estimate of drug-likeness (QED) is 0.877. The molecule has 0 bridgehead atoms. The zero-order valence-electron chi connectivity index (χ0n) is 14.0. The molecule has 1 heterocycles. The lowest BCUT2D eigenvalue weighted by molar-refractivity contribution is -0.136. The fourth-order valence-electron chi connectivity index (χ4n) is 3.25. The zero-order chi connectivity index (χ0) is 15.9. The van der Waals surface area contributed by atoms with Gasteiger partial charge in [0.25, 0.3) is 0 Å². The van der Waals surface area contributed by atoms with E-state index in [1.54, 1.807) is 7.11 Å². The molecule has 1 amide bonds. The van der Waals surface area contributed by atoms with Gasteiger partial charge in [0, 0.05) is 25.6 Å². The van der Waals surface area contributed by atoms with E-state index in [0.29, 0.717) is 5.92 Å². The molecule has 0 spiro atoms. The van der Waals surface area contributed by atoms with Crippen molar-refractivity contribution >= 4 is 5.91 Å². The van der Waals surface area contributed by atoms with Crippen LogP contribution in [0.3, 0.4) is 0 Å². The monoisotopic (exact) mass is 304 g/mol. The Hall–Kier alpha value is -1.55. The molecular formula is C18H28N2O2. The predicted molar refractivity (Wildman–Crippen MR) is 89.1 cm³/mol. The first-order valence-electron chi connectivity index (χ1n) is 8.21.